The van der Waals surface area contributed by atoms with Crippen LogP contribution in [0.3, 0.4) is 0 Å². The number of thioether (sulfide) groups is 1. The molecule has 0 unspecified atom stereocenters. The van der Waals surface area contributed by atoms with E-state index in [0.29, 0.717) is 28.0 Å². The number of amides is 1. The number of nitrogens with one attached hydrogen (secondary N) is 1. The van der Waals surface area contributed by atoms with Crippen LogP contribution in [0.5, 0.6) is 5.75 Å². The molecule has 1 atom stereocenters. The van der Waals surface area contributed by atoms with E-state index in [9.17, 15) is 9.59 Å². The first-order valence-corrected chi connectivity index (χ1v) is 10.0. The normalized spacial score (nSPS) is 17.7. The lowest BCUT2D eigenvalue weighted by molar-refractivity contribution is -0.138. The zero-order valence-corrected chi connectivity index (χ0v) is 17.2. The van der Waals surface area contributed by atoms with Crippen LogP contribution in [0.1, 0.15) is 17.5 Å². The van der Waals surface area contributed by atoms with Crippen LogP contribution in [0.25, 0.3) is 0 Å². The summed E-state index contributed by atoms with van der Waals surface area (Å²) in [7, 11) is 0. The van der Waals surface area contributed by atoms with E-state index < -0.39 is 17.1 Å². The minimum atomic E-state index is -1.06. The van der Waals surface area contributed by atoms with Gasteiger partial charge in [-0.1, -0.05) is 65.3 Å². The van der Waals surface area contributed by atoms with Crippen molar-refractivity contribution in [2.24, 2.45) is 10.2 Å². The second-order valence-electron chi connectivity index (χ2n) is 5.92. The Morgan fingerprint density at radius 1 is 1.28 bits per heavy atom. The highest BCUT2D eigenvalue weighted by atomic mass is 35.5. The largest absolute Gasteiger partial charge is 0.487 e. The number of halogens is 2. The highest BCUT2D eigenvalue weighted by molar-refractivity contribution is 8.15. The van der Waals surface area contributed by atoms with Crippen LogP contribution in [-0.2, 0) is 16.2 Å². The van der Waals surface area contributed by atoms with E-state index in [1.54, 1.807) is 12.1 Å². The van der Waals surface area contributed by atoms with Gasteiger partial charge in [0.2, 0.25) is 5.91 Å². The van der Waals surface area contributed by atoms with E-state index >= 15 is 0 Å². The molecule has 0 bridgehead atoms. The molecule has 7 nitrogen and oxygen atoms in total. The molecule has 29 heavy (non-hydrogen) atoms. The fraction of sp³-hybridized carbons (Fsp3) is 0.158. The van der Waals surface area contributed by atoms with Crippen molar-refractivity contribution >= 4 is 58.2 Å². The molecular formula is C19H15Cl2N3O4S. The quantitative estimate of drug-likeness (QED) is 0.489. The standard InChI is InChI=1S/C19H15Cl2N3O4S/c20-13-6-12(9-22-24-19-23-18(27)15(29-19)8-16(25)26)17(14(21)7-13)28-10-11-4-2-1-3-5-11/h1-7,9,15H,8,10H2,(H,25,26)(H,23,24,27)/b22-9-/t15-/m1/s1. The second kappa shape index (κ2) is 9.78. The van der Waals surface area contributed by atoms with Crippen LogP contribution in [0, 0.1) is 0 Å². The Bertz CT molecular complexity index is 983. The van der Waals surface area contributed by atoms with Gasteiger partial charge in [0.25, 0.3) is 0 Å². The van der Waals surface area contributed by atoms with Crippen molar-refractivity contribution in [3.05, 3.63) is 63.6 Å². The van der Waals surface area contributed by atoms with E-state index in [4.69, 9.17) is 33.0 Å². The molecule has 0 radical (unpaired) electrons. The Morgan fingerprint density at radius 2 is 2.03 bits per heavy atom. The Hall–Kier alpha value is -2.55. The first-order chi connectivity index (χ1) is 13.9. The van der Waals surface area contributed by atoms with Crippen molar-refractivity contribution in [2.75, 3.05) is 0 Å². The lowest BCUT2D eigenvalue weighted by Gasteiger charge is -2.11. The molecule has 1 aliphatic rings. The molecule has 2 aromatic rings. The van der Waals surface area contributed by atoms with Gasteiger partial charge in [0.1, 0.15) is 17.6 Å². The average Bonchev–Trinajstić information content (AvgIpc) is 3.00. The number of rotatable bonds is 7. The van der Waals surface area contributed by atoms with Crippen LogP contribution >= 0.6 is 35.0 Å². The molecule has 0 spiro atoms. The Kier molecular flexibility index (Phi) is 7.13. The third-order valence-corrected chi connectivity index (χ3v) is 5.32. The average molecular weight is 452 g/mol. The third kappa shape index (κ3) is 5.96. The van der Waals surface area contributed by atoms with Gasteiger partial charge in [-0.3, -0.25) is 9.59 Å². The number of aliphatic carboxylic acids is 1. The molecule has 1 fully saturated rings. The third-order valence-electron chi connectivity index (χ3n) is 3.74. The van der Waals surface area contributed by atoms with E-state index in [1.165, 1.54) is 6.21 Å². The highest BCUT2D eigenvalue weighted by Crippen LogP contribution is 2.32. The molecule has 1 heterocycles. The number of amidine groups is 1. The Balaban J connectivity index is 1.74. The number of carbonyl (C=O) groups excluding carboxylic acids is 1. The first kappa shape index (κ1) is 21.2. The van der Waals surface area contributed by atoms with Crippen LogP contribution in [0.4, 0.5) is 0 Å². The molecule has 150 valence electrons. The van der Waals surface area contributed by atoms with Crippen molar-refractivity contribution in [1.29, 1.82) is 0 Å². The maximum absolute atomic E-state index is 11.7. The summed E-state index contributed by atoms with van der Waals surface area (Å²) < 4.78 is 5.84. The summed E-state index contributed by atoms with van der Waals surface area (Å²) in [6.45, 7) is 0.306. The fourth-order valence-electron chi connectivity index (χ4n) is 2.45. The fourth-order valence-corrected chi connectivity index (χ4v) is 3.93. The van der Waals surface area contributed by atoms with E-state index in [2.05, 4.69) is 15.5 Å². The van der Waals surface area contributed by atoms with Crippen molar-refractivity contribution in [3.63, 3.8) is 0 Å². The number of carboxylic acids is 1. The predicted octanol–water partition coefficient (Wildman–Crippen LogP) is 3.97. The minimum absolute atomic E-state index is 0.220. The minimum Gasteiger partial charge on any atom is -0.487 e. The molecular weight excluding hydrogens is 437 g/mol. The number of ether oxygens (including phenoxy) is 1. The van der Waals surface area contributed by atoms with Gasteiger partial charge in [-0.2, -0.15) is 5.10 Å². The molecule has 0 aliphatic carbocycles. The Labute approximate surface area is 180 Å². The lowest BCUT2D eigenvalue weighted by Crippen LogP contribution is -2.26. The summed E-state index contributed by atoms with van der Waals surface area (Å²) in [5, 5.41) is 19.4. The molecule has 0 saturated carbocycles. The molecule has 0 aromatic heterocycles. The van der Waals surface area contributed by atoms with E-state index in [-0.39, 0.29) is 11.6 Å². The van der Waals surface area contributed by atoms with Gasteiger partial charge in [-0.05, 0) is 17.7 Å². The topological polar surface area (TPSA) is 100 Å². The zero-order valence-electron chi connectivity index (χ0n) is 14.8. The van der Waals surface area contributed by atoms with Gasteiger partial charge >= 0.3 is 5.97 Å². The van der Waals surface area contributed by atoms with Crippen molar-refractivity contribution in [2.45, 2.75) is 18.3 Å². The highest BCUT2D eigenvalue weighted by Gasteiger charge is 2.32. The Morgan fingerprint density at radius 3 is 2.76 bits per heavy atom. The number of carbonyl (C=O) groups is 2. The summed E-state index contributed by atoms with van der Waals surface area (Å²) in [6.07, 6.45) is 1.11. The van der Waals surface area contributed by atoms with Gasteiger partial charge in [-0.25, -0.2) is 0 Å². The predicted molar refractivity (Wildman–Crippen MR) is 114 cm³/mol. The van der Waals surface area contributed by atoms with Gasteiger partial charge in [0, 0.05) is 10.6 Å². The van der Waals surface area contributed by atoms with Gasteiger partial charge < -0.3 is 15.2 Å². The smallest absolute Gasteiger partial charge is 0.305 e. The van der Waals surface area contributed by atoms with Crippen LogP contribution in [0.15, 0.2) is 52.7 Å². The molecule has 3 rings (SSSR count). The summed E-state index contributed by atoms with van der Waals surface area (Å²) in [5.41, 5.74) is 1.48. The van der Waals surface area contributed by atoms with Crippen LogP contribution in [-0.4, -0.2) is 33.6 Å². The molecule has 1 saturated heterocycles. The van der Waals surface area contributed by atoms with Gasteiger partial charge in [0.15, 0.2) is 5.17 Å². The summed E-state index contributed by atoms with van der Waals surface area (Å²) in [4.78, 5) is 22.5. The molecule has 10 heteroatoms. The van der Waals surface area contributed by atoms with Crippen LogP contribution < -0.4 is 10.1 Å². The summed E-state index contributed by atoms with van der Waals surface area (Å²) >= 11 is 13.4. The summed E-state index contributed by atoms with van der Waals surface area (Å²) in [5.74, 6) is -1.07. The van der Waals surface area contributed by atoms with Crippen molar-refractivity contribution in [1.82, 2.24) is 5.32 Å². The molecule has 2 aromatic carbocycles. The lowest BCUT2D eigenvalue weighted by atomic mass is 10.2. The number of hydrogen-bond donors (Lipinski definition) is 2. The van der Waals surface area contributed by atoms with Gasteiger partial charge in [0.05, 0.1) is 17.7 Å². The van der Waals surface area contributed by atoms with Gasteiger partial charge in [-0.15, -0.1) is 5.10 Å². The van der Waals surface area contributed by atoms with Crippen molar-refractivity contribution < 1.29 is 19.4 Å². The number of benzene rings is 2. The molecule has 1 amide bonds. The maximum Gasteiger partial charge on any atom is 0.305 e. The van der Waals surface area contributed by atoms with Crippen LogP contribution in [0.2, 0.25) is 10.0 Å². The zero-order chi connectivity index (χ0) is 20.8. The van der Waals surface area contributed by atoms with Crippen molar-refractivity contribution in [3.8, 4) is 5.75 Å². The first-order valence-electron chi connectivity index (χ1n) is 8.38. The molecule has 2 N–H and O–H groups in total. The van der Waals surface area contributed by atoms with E-state index in [1.807, 2.05) is 30.3 Å². The second-order valence-corrected chi connectivity index (χ2v) is 7.96. The summed E-state index contributed by atoms with van der Waals surface area (Å²) in [6, 6.07) is 12.8. The molecule has 1 aliphatic heterocycles. The SMILES string of the molecule is O=C(O)C[C@H]1S/C(=N\N=C/c2cc(Cl)cc(Cl)c2OCc2ccccc2)NC1=O. The number of carboxylic acid groups (broad SMARTS) is 1. The maximum atomic E-state index is 11.7. The number of hydrogen-bond acceptors (Lipinski definition) is 6. The van der Waals surface area contributed by atoms with E-state index in [0.717, 1.165) is 17.3 Å². The monoisotopic (exact) mass is 451 g/mol. The number of nitrogens with zero attached hydrogens (tertiary/aromatic N) is 2.